The zero-order valence-electron chi connectivity index (χ0n) is 7.88. The normalized spacial score (nSPS) is 11.2. The summed E-state index contributed by atoms with van der Waals surface area (Å²) in [5, 5.41) is 1.52. The van der Waals surface area contributed by atoms with Crippen LogP contribution in [0.25, 0.3) is 0 Å². The van der Waals surface area contributed by atoms with Crippen LogP contribution in [0.2, 0.25) is 19.1 Å². The average Bonchev–Trinajstić information content (AvgIpc) is 2.06. The molecular formula is C11H16Si. The van der Waals surface area contributed by atoms with Crippen LogP contribution < -0.4 is 5.19 Å². The van der Waals surface area contributed by atoms with E-state index in [2.05, 4.69) is 50.0 Å². The number of allylic oxidation sites excluding steroid dienone is 1. The fourth-order valence-electron chi connectivity index (χ4n) is 1.37. The lowest BCUT2D eigenvalue weighted by molar-refractivity contribution is 1.54. The molecule has 0 aliphatic heterocycles. The fourth-order valence-corrected chi connectivity index (χ4v) is 3.42. The Kier molecular flexibility index (Phi) is 2.87. The maximum Gasteiger partial charge on any atom is 0.0843 e. The van der Waals surface area contributed by atoms with Crippen molar-refractivity contribution in [3.63, 3.8) is 0 Å². The second-order valence-electron chi connectivity index (χ2n) is 3.74. The molecule has 1 heteroatoms. The topological polar surface area (TPSA) is 0 Å². The van der Waals surface area contributed by atoms with Gasteiger partial charge in [0.1, 0.15) is 0 Å². The highest BCUT2D eigenvalue weighted by atomic mass is 28.3. The van der Waals surface area contributed by atoms with Gasteiger partial charge in [0.25, 0.3) is 0 Å². The number of benzene rings is 1. The molecule has 0 heterocycles. The van der Waals surface area contributed by atoms with Crippen LogP contribution in [-0.2, 0) is 0 Å². The molecule has 64 valence electrons. The molecule has 0 atom stereocenters. The minimum absolute atomic E-state index is 1.16. The summed E-state index contributed by atoms with van der Waals surface area (Å²) in [6, 6.07) is 11.9. The smallest absolute Gasteiger partial charge is 0.0843 e. The molecule has 1 rings (SSSR count). The molecule has 1 aromatic carbocycles. The lowest BCUT2D eigenvalue weighted by Crippen LogP contribution is -2.40. The highest BCUT2D eigenvalue weighted by Crippen LogP contribution is 2.09. The Morgan fingerprint density at radius 2 is 1.83 bits per heavy atom. The van der Waals surface area contributed by atoms with Crippen molar-refractivity contribution in [2.45, 2.75) is 19.1 Å². The van der Waals surface area contributed by atoms with Crippen molar-refractivity contribution < 1.29 is 0 Å². The SMILES string of the molecule is C=CC[Si](C)(C)c1ccccc1. The van der Waals surface area contributed by atoms with E-state index < -0.39 is 8.07 Å². The van der Waals surface area contributed by atoms with Crippen LogP contribution in [-0.4, -0.2) is 8.07 Å². The Balaban J connectivity index is 2.89. The highest BCUT2D eigenvalue weighted by molar-refractivity contribution is 6.90. The Labute approximate surface area is 75.9 Å². The van der Waals surface area contributed by atoms with E-state index in [9.17, 15) is 0 Å². The Hall–Kier alpha value is -0.823. The second-order valence-corrected chi connectivity index (χ2v) is 8.50. The van der Waals surface area contributed by atoms with Gasteiger partial charge in [-0.1, -0.05) is 54.7 Å². The molecule has 12 heavy (non-hydrogen) atoms. The summed E-state index contributed by atoms with van der Waals surface area (Å²) >= 11 is 0. The van der Waals surface area contributed by atoms with Gasteiger partial charge in [0.15, 0.2) is 0 Å². The van der Waals surface area contributed by atoms with Gasteiger partial charge in [-0.25, -0.2) is 0 Å². The predicted molar refractivity (Wildman–Crippen MR) is 58.6 cm³/mol. The maximum atomic E-state index is 3.81. The van der Waals surface area contributed by atoms with Gasteiger partial charge in [-0.05, 0) is 6.04 Å². The second kappa shape index (κ2) is 3.72. The molecule has 0 aliphatic rings. The van der Waals surface area contributed by atoms with Crippen LogP contribution in [0.3, 0.4) is 0 Å². The van der Waals surface area contributed by atoms with Crippen molar-refractivity contribution in [2.75, 3.05) is 0 Å². The van der Waals surface area contributed by atoms with Gasteiger partial charge in [-0.2, -0.15) is 0 Å². The van der Waals surface area contributed by atoms with Crippen LogP contribution in [0.1, 0.15) is 0 Å². The molecule has 0 unspecified atom stereocenters. The minimum atomic E-state index is -1.20. The third kappa shape index (κ3) is 2.08. The summed E-state index contributed by atoms with van der Waals surface area (Å²) in [4.78, 5) is 0. The van der Waals surface area contributed by atoms with Gasteiger partial charge in [0.05, 0.1) is 8.07 Å². The van der Waals surface area contributed by atoms with Crippen molar-refractivity contribution in [3.05, 3.63) is 43.0 Å². The van der Waals surface area contributed by atoms with E-state index in [1.165, 1.54) is 5.19 Å². The molecule has 0 aliphatic carbocycles. The molecule has 1 aromatic rings. The van der Waals surface area contributed by atoms with Gasteiger partial charge < -0.3 is 0 Å². The Bertz CT molecular complexity index is 249. The predicted octanol–water partition coefficient (Wildman–Crippen LogP) is 2.79. The lowest BCUT2D eigenvalue weighted by atomic mass is 10.4. The summed E-state index contributed by atoms with van der Waals surface area (Å²) in [5.41, 5.74) is 0. The summed E-state index contributed by atoms with van der Waals surface area (Å²) in [6.07, 6.45) is 2.04. The molecule has 0 radical (unpaired) electrons. The Morgan fingerprint density at radius 3 is 2.33 bits per heavy atom. The zero-order valence-corrected chi connectivity index (χ0v) is 8.88. The molecule has 0 fully saturated rings. The number of hydrogen-bond donors (Lipinski definition) is 0. The van der Waals surface area contributed by atoms with E-state index in [-0.39, 0.29) is 0 Å². The number of hydrogen-bond acceptors (Lipinski definition) is 0. The van der Waals surface area contributed by atoms with Crippen LogP contribution in [0, 0.1) is 0 Å². The third-order valence-electron chi connectivity index (χ3n) is 2.21. The van der Waals surface area contributed by atoms with Crippen molar-refractivity contribution in [2.24, 2.45) is 0 Å². The van der Waals surface area contributed by atoms with Crippen LogP contribution in [0.15, 0.2) is 43.0 Å². The van der Waals surface area contributed by atoms with Crippen molar-refractivity contribution in [1.29, 1.82) is 0 Å². The number of rotatable bonds is 3. The third-order valence-corrected chi connectivity index (χ3v) is 5.42. The average molecular weight is 176 g/mol. The molecular weight excluding hydrogens is 160 g/mol. The van der Waals surface area contributed by atoms with E-state index in [4.69, 9.17) is 0 Å². The molecule has 0 saturated carbocycles. The van der Waals surface area contributed by atoms with E-state index in [0.29, 0.717) is 0 Å². The Morgan fingerprint density at radius 1 is 1.25 bits per heavy atom. The molecule has 0 N–H and O–H groups in total. The quantitative estimate of drug-likeness (QED) is 0.491. The highest BCUT2D eigenvalue weighted by Gasteiger charge is 2.20. The molecule has 0 bridgehead atoms. The van der Waals surface area contributed by atoms with E-state index in [1.807, 2.05) is 6.08 Å². The summed E-state index contributed by atoms with van der Waals surface area (Å²) in [7, 11) is -1.20. The van der Waals surface area contributed by atoms with Crippen LogP contribution >= 0.6 is 0 Å². The molecule has 0 nitrogen and oxygen atoms in total. The minimum Gasteiger partial charge on any atom is -0.103 e. The van der Waals surface area contributed by atoms with Gasteiger partial charge in [-0.15, -0.1) is 6.58 Å². The summed E-state index contributed by atoms with van der Waals surface area (Å²) < 4.78 is 0. The van der Waals surface area contributed by atoms with Crippen molar-refractivity contribution in [3.8, 4) is 0 Å². The van der Waals surface area contributed by atoms with Crippen LogP contribution in [0.5, 0.6) is 0 Å². The fraction of sp³-hybridized carbons (Fsp3) is 0.273. The largest absolute Gasteiger partial charge is 0.103 e. The monoisotopic (exact) mass is 176 g/mol. The summed E-state index contributed by atoms with van der Waals surface area (Å²) in [6.45, 7) is 8.56. The first kappa shape index (κ1) is 9.27. The first-order chi connectivity index (χ1) is 5.67. The standard InChI is InChI=1S/C11H16Si/c1-4-10-12(2,3)11-8-6-5-7-9-11/h4-9H,1,10H2,2-3H3. The summed E-state index contributed by atoms with van der Waals surface area (Å²) in [5.74, 6) is 0. The molecule has 0 aromatic heterocycles. The molecule has 0 spiro atoms. The zero-order chi connectivity index (χ0) is 9.03. The first-order valence-electron chi connectivity index (χ1n) is 4.33. The lowest BCUT2D eigenvalue weighted by Gasteiger charge is -2.20. The van der Waals surface area contributed by atoms with E-state index >= 15 is 0 Å². The van der Waals surface area contributed by atoms with Gasteiger partial charge in [-0.3, -0.25) is 0 Å². The van der Waals surface area contributed by atoms with E-state index in [0.717, 1.165) is 6.04 Å². The van der Waals surface area contributed by atoms with Gasteiger partial charge in [0.2, 0.25) is 0 Å². The molecule has 0 amide bonds. The van der Waals surface area contributed by atoms with Crippen molar-refractivity contribution in [1.82, 2.24) is 0 Å². The van der Waals surface area contributed by atoms with Crippen molar-refractivity contribution >= 4 is 13.3 Å². The van der Waals surface area contributed by atoms with Gasteiger partial charge >= 0.3 is 0 Å². The first-order valence-corrected chi connectivity index (χ1v) is 7.54. The van der Waals surface area contributed by atoms with E-state index in [1.54, 1.807) is 0 Å². The molecule has 0 saturated heterocycles. The van der Waals surface area contributed by atoms with Gasteiger partial charge in [0, 0.05) is 0 Å². The van der Waals surface area contributed by atoms with Crippen LogP contribution in [0.4, 0.5) is 0 Å². The maximum absolute atomic E-state index is 3.81.